The van der Waals surface area contributed by atoms with Gasteiger partial charge in [-0.1, -0.05) is 5.21 Å². The zero-order valence-corrected chi connectivity index (χ0v) is 30.9. The number of benzene rings is 1. The van der Waals surface area contributed by atoms with E-state index in [4.69, 9.17) is 0 Å². The molecule has 0 spiro atoms. The summed E-state index contributed by atoms with van der Waals surface area (Å²) in [6.07, 6.45) is 9.81. The van der Waals surface area contributed by atoms with Crippen molar-refractivity contribution in [3.8, 4) is 11.3 Å². The molecule has 0 aliphatic carbocycles. The molecule has 0 aliphatic heterocycles. The predicted octanol–water partition coefficient (Wildman–Crippen LogP) is 6.93. The Hall–Kier alpha value is -3.35. The average Bonchev–Trinajstić information content (AvgIpc) is 3.69. The molecule has 0 saturated carbocycles. The molecule has 12 heteroatoms. The Labute approximate surface area is 269 Å². The number of carbonyl (C=O) groups is 1. The average molecular weight is 726 g/mol. The van der Waals surface area contributed by atoms with Gasteiger partial charge in [-0.3, -0.25) is 4.98 Å². The van der Waals surface area contributed by atoms with Gasteiger partial charge in [0.25, 0.3) is 0 Å². The summed E-state index contributed by atoms with van der Waals surface area (Å²) in [4.78, 5) is 19.2. The molecule has 0 saturated heterocycles. The summed E-state index contributed by atoms with van der Waals surface area (Å²) in [5.41, 5.74) is 5.45. The van der Waals surface area contributed by atoms with Crippen LogP contribution in [0.25, 0.3) is 33.2 Å². The molecular weight excluding hydrogens is 678 g/mol. The monoisotopic (exact) mass is 726 g/mol. The number of aromatic nitrogens is 8. The van der Waals surface area contributed by atoms with Gasteiger partial charge in [0.15, 0.2) is 0 Å². The number of aromatic amines is 1. The molecule has 1 aromatic carbocycles. The summed E-state index contributed by atoms with van der Waals surface area (Å²) in [5, 5.41) is 17.1. The molecule has 5 rings (SSSR count). The first kappa shape index (κ1) is 34.5. The largest absolute Gasteiger partial charge is 0.465 e. The number of fused-ring (bicyclic) bond motifs is 3. The number of nitrogens with one attached hydrogen (secondary N) is 1. The van der Waals surface area contributed by atoms with Gasteiger partial charge < -0.3 is 9.72 Å². The van der Waals surface area contributed by atoms with E-state index in [0.717, 1.165) is 23.0 Å². The van der Waals surface area contributed by atoms with Crippen LogP contribution >= 0.6 is 0 Å². The topological polar surface area (TPSA) is 116 Å². The molecule has 5 aromatic rings. The number of halogens is 1. The van der Waals surface area contributed by atoms with Gasteiger partial charge in [0, 0.05) is 18.8 Å². The molecule has 4 heterocycles. The molecule has 0 amide bonds. The number of pyridine rings is 1. The Morgan fingerprint density at radius 2 is 1.49 bits per heavy atom. The smallest absolute Gasteiger partial charge is 0.338 e. The van der Waals surface area contributed by atoms with E-state index in [1.165, 1.54) is 64.6 Å². The fourth-order valence-corrected chi connectivity index (χ4v) is 23.9. The minimum Gasteiger partial charge on any atom is -0.465 e. The minimum atomic E-state index is -2.32. The van der Waals surface area contributed by atoms with Crippen LogP contribution in [0.15, 0.2) is 24.4 Å². The van der Waals surface area contributed by atoms with Crippen molar-refractivity contribution in [1.29, 1.82) is 0 Å². The molecule has 0 fully saturated rings. The first-order valence-electron chi connectivity index (χ1n) is 16.0. The third kappa shape index (κ3) is 7.39. The van der Waals surface area contributed by atoms with Gasteiger partial charge in [0.1, 0.15) is 5.82 Å². The molecule has 0 atom stereocenters. The quantitative estimate of drug-likeness (QED) is 0.110. The molecule has 1 N–H and O–H groups in total. The number of aryl methyl sites for hydroxylation is 4. The van der Waals surface area contributed by atoms with Crippen LogP contribution in [0.5, 0.6) is 0 Å². The summed E-state index contributed by atoms with van der Waals surface area (Å²) >= 11 is -2.32. The van der Waals surface area contributed by atoms with E-state index in [9.17, 15) is 9.18 Å². The second-order valence-electron chi connectivity index (χ2n) is 12.0. The van der Waals surface area contributed by atoms with Crippen LogP contribution in [0.3, 0.4) is 0 Å². The normalized spacial score (nSPS) is 11.7. The predicted molar refractivity (Wildman–Crippen MR) is 180 cm³/mol. The van der Waals surface area contributed by atoms with Crippen LogP contribution in [0, 0.1) is 19.7 Å². The molecule has 0 bridgehead atoms. The number of unbranched alkanes of at least 4 members (excludes halogenated alkanes) is 3. The number of ether oxygens (including phenoxy) is 1. The Bertz CT molecular complexity index is 1700. The van der Waals surface area contributed by atoms with Crippen LogP contribution < -0.4 is 3.71 Å². The Kier molecular flexibility index (Phi) is 11.7. The molecule has 0 radical (unpaired) electrons. The van der Waals surface area contributed by atoms with E-state index < -0.39 is 30.2 Å². The van der Waals surface area contributed by atoms with Crippen molar-refractivity contribution in [3.05, 3.63) is 47.2 Å². The van der Waals surface area contributed by atoms with E-state index in [1.807, 2.05) is 13.0 Å². The summed E-state index contributed by atoms with van der Waals surface area (Å²) in [6.45, 7) is 11.0. The first-order valence-corrected chi connectivity index (χ1v) is 23.5. The summed E-state index contributed by atoms with van der Waals surface area (Å²) in [6, 6.07) is 4.58. The standard InChI is InChI=1S/C17H14FN5O2.C4H6N3.3C4H9.Sn/c1-8-16(23(2)22-21-8)10-6-13-15(19-7-10)14-11(18)4-9(17(24)25-3)5-12(14)20-13;1-4-3-7(2)6-5-4;3*1-3-4-2;/h4-7,20H,1-3H3;1-2H3;3*1,3-4H2,2H3;. The van der Waals surface area contributed by atoms with Crippen molar-refractivity contribution in [3.63, 3.8) is 0 Å². The Morgan fingerprint density at radius 1 is 0.889 bits per heavy atom. The third-order valence-corrected chi connectivity index (χ3v) is 24.7. The number of hydrogen-bond acceptors (Lipinski definition) is 7. The molecule has 45 heavy (non-hydrogen) atoms. The maximum Gasteiger partial charge on any atom is 0.338 e. The number of rotatable bonds is 12. The van der Waals surface area contributed by atoms with Crippen molar-refractivity contribution >= 4 is 50.0 Å². The molecule has 10 nitrogen and oxygen atoms in total. The van der Waals surface area contributed by atoms with Crippen LogP contribution in [-0.2, 0) is 18.8 Å². The van der Waals surface area contributed by atoms with Gasteiger partial charge in [-0.2, -0.15) is 0 Å². The van der Waals surface area contributed by atoms with Gasteiger partial charge in [-0.05, 0) is 25.1 Å². The number of nitrogens with zero attached hydrogens (tertiary/aromatic N) is 7. The molecular formula is C33H47FN8O2Sn. The van der Waals surface area contributed by atoms with Crippen LogP contribution in [-0.4, -0.2) is 71.4 Å². The van der Waals surface area contributed by atoms with Gasteiger partial charge in [0.2, 0.25) is 0 Å². The SMILES string of the molecule is CCC[CH2][Sn]([CH2]CCC)([CH2]CCC)[c]1c(C)nnn1C.COC(=O)c1cc(F)c2c(c1)[nH]c1cc(-c3c(C)nnn3C)cnc12. The van der Waals surface area contributed by atoms with E-state index in [0.29, 0.717) is 21.9 Å². The van der Waals surface area contributed by atoms with Gasteiger partial charge >= 0.3 is 135 Å². The number of H-pyrrole nitrogens is 1. The Balaban J connectivity index is 0.000000211. The molecule has 4 aromatic heterocycles. The second kappa shape index (κ2) is 15.3. The van der Waals surface area contributed by atoms with Crippen molar-refractivity contribution in [2.24, 2.45) is 14.1 Å². The minimum absolute atomic E-state index is 0.144. The van der Waals surface area contributed by atoms with Gasteiger partial charge in [-0.25, -0.2) is 13.9 Å². The van der Waals surface area contributed by atoms with Crippen molar-refractivity contribution in [2.45, 2.75) is 86.5 Å². The number of methoxy groups -OCH3 is 1. The van der Waals surface area contributed by atoms with Crippen molar-refractivity contribution in [2.75, 3.05) is 7.11 Å². The second-order valence-corrected chi connectivity index (χ2v) is 24.9. The first-order chi connectivity index (χ1) is 21.6. The van der Waals surface area contributed by atoms with Crippen molar-refractivity contribution in [1.82, 2.24) is 40.0 Å². The molecule has 0 unspecified atom stereocenters. The number of carbonyl (C=O) groups excluding carboxylic acids is 1. The van der Waals surface area contributed by atoms with E-state index in [2.05, 4.69) is 74.8 Å². The maximum absolute atomic E-state index is 14.5. The van der Waals surface area contributed by atoms with Crippen LogP contribution in [0.2, 0.25) is 13.3 Å². The fourth-order valence-electron chi connectivity index (χ4n) is 6.53. The number of esters is 1. The van der Waals surface area contributed by atoms with E-state index in [-0.39, 0.29) is 5.56 Å². The molecule has 242 valence electrons. The van der Waals surface area contributed by atoms with Crippen molar-refractivity contribution < 1.29 is 13.9 Å². The summed E-state index contributed by atoms with van der Waals surface area (Å²) in [7, 11) is 5.17. The van der Waals surface area contributed by atoms with Gasteiger partial charge in [0.05, 0.1) is 46.0 Å². The van der Waals surface area contributed by atoms with E-state index >= 15 is 0 Å². The van der Waals surface area contributed by atoms with Gasteiger partial charge in [-0.15, -0.1) is 5.10 Å². The van der Waals surface area contributed by atoms with Crippen LogP contribution in [0.4, 0.5) is 4.39 Å². The molecule has 0 aliphatic rings. The van der Waals surface area contributed by atoms with Crippen LogP contribution in [0.1, 0.15) is 81.0 Å². The number of hydrogen-bond donors (Lipinski definition) is 1. The zero-order valence-electron chi connectivity index (χ0n) is 28.0. The Morgan fingerprint density at radius 3 is 2.00 bits per heavy atom. The summed E-state index contributed by atoms with van der Waals surface area (Å²) in [5.74, 6) is -1.12. The fraction of sp³-hybridized carbons (Fsp3) is 0.515. The maximum atomic E-state index is 14.5. The van der Waals surface area contributed by atoms with E-state index in [1.54, 1.807) is 27.7 Å². The zero-order chi connectivity index (χ0) is 32.7. The summed E-state index contributed by atoms with van der Waals surface area (Å²) < 4.78 is 29.1. The third-order valence-electron chi connectivity index (χ3n) is 8.70.